The number of nitrogens with one attached hydrogen (secondary N) is 2. The standard InChI is InChI=1S/C14H27N3OS/c1-17(2)11-8-7-10(9-11)15-14(18)16-12-5-4-6-13(12)19-3/h10-13H,4-9H2,1-3H3,(H2,15,16,18). The van der Waals surface area contributed by atoms with Crippen molar-refractivity contribution in [1.29, 1.82) is 0 Å². The third-order valence-electron chi connectivity index (χ3n) is 4.54. The van der Waals surface area contributed by atoms with Gasteiger partial charge in [0.25, 0.3) is 0 Å². The second-order valence-corrected chi connectivity index (χ2v) is 7.13. The van der Waals surface area contributed by atoms with Gasteiger partial charge in [-0.05, 0) is 52.5 Å². The Morgan fingerprint density at radius 2 is 1.95 bits per heavy atom. The summed E-state index contributed by atoms with van der Waals surface area (Å²) in [6, 6.07) is 1.37. The summed E-state index contributed by atoms with van der Waals surface area (Å²) in [7, 11) is 4.24. The van der Waals surface area contributed by atoms with Gasteiger partial charge in [0.2, 0.25) is 0 Å². The van der Waals surface area contributed by atoms with E-state index >= 15 is 0 Å². The molecule has 2 N–H and O–H groups in total. The van der Waals surface area contributed by atoms with Crippen LogP contribution in [0.2, 0.25) is 0 Å². The second kappa shape index (κ2) is 6.84. The molecule has 19 heavy (non-hydrogen) atoms. The molecule has 2 aliphatic rings. The van der Waals surface area contributed by atoms with Crippen LogP contribution in [0.5, 0.6) is 0 Å². The molecule has 0 radical (unpaired) electrons. The smallest absolute Gasteiger partial charge is 0.315 e. The maximum Gasteiger partial charge on any atom is 0.315 e. The van der Waals surface area contributed by atoms with Crippen LogP contribution in [0, 0.1) is 0 Å². The Hall–Kier alpha value is -0.420. The van der Waals surface area contributed by atoms with Gasteiger partial charge in [-0.15, -0.1) is 0 Å². The summed E-state index contributed by atoms with van der Waals surface area (Å²) in [5.74, 6) is 0. The first kappa shape index (κ1) is 15.0. The molecule has 2 fully saturated rings. The van der Waals surface area contributed by atoms with Crippen LogP contribution in [0.15, 0.2) is 0 Å². The molecule has 4 atom stereocenters. The number of hydrogen-bond donors (Lipinski definition) is 2. The molecule has 0 saturated heterocycles. The molecular weight excluding hydrogens is 258 g/mol. The maximum atomic E-state index is 12.0. The van der Waals surface area contributed by atoms with E-state index in [1.165, 1.54) is 19.3 Å². The fourth-order valence-corrected chi connectivity index (χ4v) is 4.26. The molecule has 2 saturated carbocycles. The number of urea groups is 1. The molecule has 2 aliphatic carbocycles. The minimum absolute atomic E-state index is 0.0374. The fourth-order valence-electron chi connectivity index (χ4n) is 3.33. The lowest BCUT2D eigenvalue weighted by Crippen LogP contribution is -2.47. The summed E-state index contributed by atoms with van der Waals surface area (Å²) in [5, 5.41) is 6.92. The van der Waals surface area contributed by atoms with Crippen molar-refractivity contribution < 1.29 is 4.79 Å². The lowest BCUT2D eigenvalue weighted by atomic mass is 10.2. The van der Waals surface area contributed by atoms with Gasteiger partial charge in [-0.25, -0.2) is 4.79 Å². The van der Waals surface area contributed by atoms with E-state index in [-0.39, 0.29) is 6.03 Å². The predicted molar refractivity (Wildman–Crippen MR) is 81.7 cm³/mol. The molecule has 0 aromatic heterocycles. The van der Waals surface area contributed by atoms with Gasteiger partial charge >= 0.3 is 6.03 Å². The highest BCUT2D eigenvalue weighted by atomic mass is 32.2. The second-order valence-electron chi connectivity index (χ2n) is 6.06. The van der Waals surface area contributed by atoms with Gasteiger partial charge in [0.1, 0.15) is 0 Å². The van der Waals surface area contributed by atoms with E-state index in [9.17, 15) is 4.79 Å². The van der Waals surface area contributed by atoms with Gasteiger partial charge in [0.15, 0.2) is 0 Å². The Labute approximate surface area is 121 Å². The van der Waals surface area contributed by atoms with E-state index < -0.39 is 0 Å². The van der Waals surface area contributed by atoms with E-state index in [1.54, 1.807) is 0 Å². The van der Waals surface area contributed by atoms with Gasteiger partial charge in [0.05, 0.1) is 0 Å². The monoisotopic (exact) mass is 285 g/mol. The quantitative estimate of drug-likeness (QED) is 0.831. The van der Waals surface area contributed by atoms with Gasteiger partial charge in [0, 0.05) is 23.4 Å². The first-order valence-corrected chi connectivity index (χ1v) is 8.65. The molecule has 2 rings (SSSR count). The summed E-state index contributed by atoms with van der Waals surface area (Å²) >= 11 is 1.88. The van der Waals surface area contributed by atoms with E-state index in [0.717, 1.165) is 19.3 Å². The summed E-state index contributed by atoms with van der Waals surface area (Å²) in [4.78, 5) is 14.3. The van der Waals surface area contributed by atoms with Crippen molar-refractivity contribution in [2.75, 3.05) is 20.4 Å². The van der Waals surface area contributed by atoms with Crippen LogP contribution in [0.1, 0.15) is 38.5 Å². The topological polar surface area (TPSA) is 44.4 Å². The minimum Gasteiger partial charge on any atom is -0.335 e. The zero-order valence-electron chi connectivity index (χ0n) is 12.3. The zero-order valence-corrected chi connectivity index (χ0v) is 13.1. The summed E-state index contributed by atoms with van der Waals surface area (Å²) in [5.41, 5.74) is 0. The summed E-state index contributed by atoms with van der Waals surface area (Å²) in [6.07, 6.45) is 9.12. The van der Waals surface area contributed by atoms with Crippen molar-refractivity contribution in [3.63, 3.8) is 0 Å². The number of thioether (sulfide) groups is 1. The Balaban J connectivity index is 1.73. The first-order chi connectivity index (χ1) is 9.10. The number of carbonyl (C=O) groups is 1. The van der Waals surface area contributed by atoms with Crippen LogP contribution in [-0.4, -0.2) is 54.7 Å². The average Bonchev–Trinajstić information content (AvgIpc) is 2.97. The zero-order chi connectivity index (χ0) is 13.8. The number of carbonyl (C=O) groups excluding carboxylic acids is 1. The number of hydrogen-bond acceptors (Lipinski definition) is 3. The molecule has 0 aromatic carbocycles. The average molecular weight is 285 g/mol. The van der Waals surface area contributed by atoms with Crippen molar-refractivity contribution in [3.05, 3.63) is 0 Å². The van der Waals surface area contributed by atoms with Crippen LogP contribution in [0.4, 0.5) is 4.79 Å². The van der Waals surface area contributed by atoms with Crippen molar-refractivity contribution in [1.82, 2.24) is 15.5 Å². The summed E-state index contributed by atoms with van der Waals surface area (Å²) < 4.78 is 0. The van der Waals surface area contributed by atoms with Crippen LogP contribution in [0.3, 0.4) is 0 Å². The fraction of sp³-hybridized carbons (Fsp3) is 0.929. The SMILES string of the molecule is CSC1CCCC1NC(=O)NC1CCC(N(C)C)C1. The van der Waals surface area contributed by atoms with Gasteiger partial charge in [-0.1, -0.05) is 6.42 Å². The third-order valence-corrected chi connectivity index (χ3v) is 5.71. The van der Waals surface area contributed by atoms with E-state index in [1.807, 2.05) is 11.8 Å². The largest absolute Gasteiger partial charge is 0.335 e. The Kier molecular flexibility index (Phi) is 5.39. The normalized spacial score (nSPS) is 34.7. The predicted octanol–water partition coefficient (Wildman–Crippen LogP) is 2.05. The molecule has 2 amide bonds. The molecule has 4 nitrogen and oxygen atoms in total. The molecule has 0 aliphatic heterocycles. The number of rotatable bonds is 4. The lowest BCUT2D eigenvalue weighted by Gasteiger charge is -2.22. The molecule has 5 heteroatoms. The molecule has 0 bridgehead atoms. The third kappa shape index (κ3) is 4.02. The highest BCUT2D eigenvalue weighted by Gasteiger charge is 2.30. The van der Waals surface area contributed by atoms with Crippen LogP contribution < -0.4 is 10.6 Å². The van der Waals surface area contributed by atoms with Crippen molar-refractivity contribution in [2.24, 2.45) is 0 Å². The Bertz CT molecular complexity index is 311. The van der Waals surface area contributed by atoms with Crippen molar-refractivity contribution in [2.45, 2.75) is 61.9 Å². The number of amides is 2. The molecule has 0 aromatic rings. The highest BCUT2D eigenvalue weighted by molar-refractivity contribution is 7.99. The molecule has 110 valence electrons. The molecule has 0 heterocycles. The first-order valence-electron chi connectivity index (χ1n) is 7.36. The van der Waals surface area contributed by atoms with Crippen LogP contribution in [-0.2, 0) is 0 Å². The molecular formula is C14H27N3OS. The maximum absolute atomic E-state index is 12.0. The van der Waals surface area contributed by atoms with Crippen LogP contribution >= 0.6 is 11.8 Å². The van der Waals surface area contributed by atoms with E-state index in [4.69, 9.17) is 0 Å². The van der Waals surface area contributed by atoms with E-state index in [2.05, 4.69) is 35.9 Å². The highest BCUT2D eigenvalue weighted by Crippen LogP contribution is 2.28. The van der Waals surface area contributed by atoms with E-state index in [0.29, 0.717) is 23.4 Å². The minimum atomic E-state index is 0.0374. The summed E-state index contributed by atoms with van der Waals surface area (Å²) in [6.45, 7) is 0. The lowest BCUT2D eigenvalue weighted by molar-refractivity contribution is 0.232. The molecule has 0 spiro atoms. The Morgan fingerprint density at radius 3 is 2.58 bits per heavy atom. The van der Waals surface area contributed by atoms with Gasteiger partial charge in [-0.2, -0.15) is 11.8 Å². The van der Waals surface area contributed by atoms with Crippen LogP contribution in [0.25, 0.3) is 0 Å². The van der Waals surface area contributed by atoms with Gasteiger partial charge < -0.3 is 15.5 Å². The number of nitrogens with zero attached hydrogens (tertiary/aromatic N) is 1. The van der Waals surface area contributed by atoms with Crippen molar-refractivity contribution in [3.8, 4) is 0 Å². The van der Waals surface area contributed by atoms with Gasteiger partial charge in [-0.3, -0.25) is 0 Å². The molecule has 4 unspecified atom stereocenters. The Morgan fingerprint density at radius 1 is 1.16 bits per heavy atom. The van der Waals surface area contributed by atoms with Crippen molar-refractivity contribution >= 4 is 17.8 Å².